The van der Waals surface area contributed by atoms with Gasteiger partial charge in [0.05, 0.1) is 47.6 Å². The van der Waals surface area contributed by atoms with Gasteiger partial charge in [0.25, 0.3) is 0 Å². The molecule has 3 aliphatic rings. The zero-order valence-electron chi connectivity index (χ0n) is 21.2. The van der Waals surface area contributed by atoms with Crippen LogP contribution in [-0.4, -0.2) is 76.0 Å². The van der Waals surface area contributed by atoms with Crippen LogP contribution in [0.5, 0.6) is 11.5 Å². The van der Waals surface area contributed by atoms with Crippen LogP contribution < -0.4 is 16.2 Å². The molecule has 0 aromatic heterocycles. The fraction of sp³-hybridized carbons (Fsp3) is 0.444. The van der Waals surface area contributed by atoms with E-state index in [2.05, 4.69) is 0 Å². The lowest BCUT2D eigenvalue weighted by Gasteiger charge is -2.42. The lowest BCUT2D eigenvalue weighted by Crippen LogP contribution is -2.54. The zero-order chi connectivity index (χ0) is 27.7. The Morgan fingerprint density at radius 3 is 2.55 bits per heavy atom. The smallest absolute Gasteiger partial charge is 0.195 e. The number of aliphatic hydroxyl groups excluding tert-OH is 1. The van der Waals surface area contributed by atoms with Crippen molar-refractivity contribution in [3.63, 3.8) is 0 Å². The van der Waals surface area contributed by atoms with Crippen molar-refractivity contribution in [3.8, 4) is 11.5 Å². The van der Waals surface area contributed by atoms with Crippen molar-refractivity contribution in [3.05, 3.63) is 40.5 Å². The third kappa shape index (κ3) is 3.81. The number of methoxy groups -OCH3 is 1. The minimum atomic E-state index is -2.00. The van der Waals surface area contributed by atoms with E-state index in [0.29, 0.717) is 5.75 Å². The number of ether oxygens (including phenoxy) is 3. The molecule has 0 saturated carbocycles. The van der Waals surface area contributed by atoms with Crippen LogP contribution in [0.15, 0.2) is 29.3 Å². The van der Waals surface area contributed by atoms with Crippen molar-refractivity contribution < 1.29 is 43.9 Å². The molecule has 0 spiro atoms. The lowest BCUT2D eigenvalue weighted by atomic mass is 9.69. The van der Waals surface area contributed by atoms with Crippen molar-refractivity contribution in [2.45, 2.75) is 69.4 Å². The molecule has 1 aliphatic heterocycles. The Hall–Kier alpha value is -3.35. The van der Waals surface area contributed by atoms with Crippen molar-refractivity contribution in [1.82, 2.24) is 0 Å². The predicted molar refractivity (Wildman–Crippen MR) is 135 cm³/mol. The van der Waals surface area contributed by atoms with Crippen molar-refractivity contribution in [2.24, 2.45) is 5.73 Å². The summed E-state index contributed by atoms with van der Waals surface area (Å²) in [6, 6.07) is 4.09. The van der Waals surface area contributed by atoms with Gasteiger partial charge in [-0.25, -0.2) is 0 Å². The number of benzene rings is 2. The second kappa shape index (κ2) is 9.14. The molecule has 0 radical (unpaired) electrons. The number of phenolic OH excluding ortho intramolecular Hbond substituents is 1. The average molecular weight is 527 g/mol. The normalized spacial score (nSPS) is 31.3. The van der Waals surface area contributed by atoms with Crippen LogP contribution in [0, 0.1) is 0 Å². The van der Waals surface area contributed by atoms with Crippen LogP contribution in [0.25, 0.3) is 10.8 Å². The van der Waals surface area contributed by atoms with Gasteiger partial charge in [-0.2, -0.15) is 0 Å². The van der Waals surface area contributed by atoms with Crippen LogP contribution in [0.1, 0.15) is 53.8 Å². The van der Waals surface area contributed by atoms with Gasteiger partial charge in [-0.3, -0.25) is 14.4 Å². The van der Waals surface area contributed by atoms with Gasteiger partial charge in [0, 0.05) is 41.8 Å². The number of hydrogen-bond acceptors (Lipinski definition) is 11. The molecular weight excluding hydrogens is 496 g/mol. The minimum Gasteiger partial charge on any atom is -0.506 e. The number of rotatable bonds is 4. The summed E-state index contributed by atoms with van der Waals surface area (Å²) < 4.78 is 17.2. The lowest BCUT2D eigenvalue weighted by molar-refractivity contribution is -0.239. The van der Waals surface area contributed by atoms with Gasteiger partial charge in [-0.1, -0.05) is 12.1 Å². The van der Waals surface area contributed by atoms with Gasteiger partial charge in [0.15, 0.2) is 23.6 Å². The first-order chi connectivity index (χ1) is 17.9. The van der Waals surface area contributed by atoms with Gasteiger partial charge < -0.3 is 41.0 Å². The second-order valence-electron chi connectivity index (χ2n) is 10.2. The summed E-state index contributed by atoms with van der Waals surface area (Å²) in [4.78, 5) is 40.4. The highest BCUT2D eigenvalue weighted by atomic mass is 16.7. The Labute approximate surface area is 217 Å². The molecule has 7 N–H and O–H groups in total. The average Bonchev–Trinajstić information content (AvgIpc) is 2.87. The number of anilines is 1. The van der Waals surface area contributed by atoms with Gasteiger partial charge in [-0.05, 0) is 19.9 Å². The first-order valence-electron chi connectivity index (χ1n) is 12.3. The van der Waals surface area contributed by atoms with E-state index in [9.17, 15) is 29.7 Å². The third-order valence-electron chi connectivity index (χ3n) is 7.86. The molecule has 4 unspecified atom stereocenters. The maximum Gasteiger partial charge on any atom is 0.195 e. The number of Topliss-reactive ketones (excluding diaryl/α,β-unsaturated/α-hetero) is 3. The van der Waals surface area contributed by atoms with Gasteiger partial charge in [-0.15, -0.1) is 0 Å². The molecular formula is C27H30N2O9. The highest BCUT2D eigenvalue weighted by Gasteiger charge is 2.51. The number of ketones is 3. The first kappa shape index (κ1) is 26.3. The van der Waals surface area contributed by atoms with Crippen molar-refractivity contribution in [2.75, 3.05) is 12.8 Å². The number of carbonyl (C=O) groups is 3. The van der Waals surface area contributed by atoms with Crippen molar-refractivity contribution in [1.29, 1.82) is 0 Å². The molecule has 11 nitrogen and oxygen atoms in total. The van der Waals surface area contributed by atoms with E-state index in [0.717, 1.165) is 0 Å². The summed E-state index contributed by atoms with van der Waals surface area (Å²) in [5.74, 6) is -2.16. The maximum absolute atomic E-state index is 14.0. The Balaban J connectivity index is 1.67. The summed E-state index contributed by atoms with van der Waals surface area (Å²) >= 11 is 0. The number of fused-ring (bicyclic) bond motifs is 2. The van der Waals surface area contributed by atoms with E-state index in [1.807, 2.05) is 0 Å². The topological polar surface area (TPSA) is 192 Å². The number of nitrogens with two attached hydrogens (primary N) is 2. The van der Waals surface area contributed by atoms with Crippen LogP contribution in [0.4, 0.5) is 5.69 Å². The van der Waals surface area contributed by atoms with Crippen LogP contribution >= 0.6 is 0 Å². The van der Waals surface area contributed by atoms with E-state index >= 15 is 0 Å². The summed E-state index contributed by atoms with van der Waals surface area (Å²) in [5, 5.41) is 33.0. The molecule has 0 bridgehead atoms. The quantitative estimate of drug-likeness (QED) is 0.283. The zero-order valence-corrected chi connectivity index (χ0v) is 21.2. The fourth-order valence-corrected chi connectivity index (χ4v) is 5.72. The number of hydrogen-bond donors (Lipinski definition) is 5. The molecule has 5 rings (SSSR count). The van der Waals surface area contributed by atoms with Gasteiger partial charge >= 0.3 is 0 Å². The molecule has 2 aromatic rings. The molecule has 1 fully saturated rings. The van der Waals surface area contributed by atoms with Gasteiger partial charge in [0.2, 0.25) is 0 Å². The molecule has 2 aromatic carbocycles. The van der Waals surface area contributed by atoms with E-state index in [-0.39, 0.29) is 51.6 Å². The monoisotopic (exact) mass is 526 g/mol. The molecule has 0 amide bonds. The summed E-state index contributed by atoms with van der Waals surface area (Å²) in [6.07, 6.45) is -4.49. The van der Waals surface area contributed by atoms with Crippen LogP contribution in [0.2, 0.25) is 0 Å². The van der Waals surface area contributed by atoms with E-state index < -0.39 is 65.8 Å². The molecule has 1 saturated heterocycles. The van der Waals surface area contributed by atoms with E-state index in [1.54, 1.807) is 25.1 Å². The number of aliphatic hydroxyl groups is 2. The third-order valence-corrected chi connectivity index (χ3v) is 7.86. The largest absolute Gasteiger partial charge is 0.506 e. The van der Waals surface area contributed by atoms with E-state index in [1.165, 1.54) is 14.0 Å². The molecule has 38 heavy (non-hydrogen) atoms. The summed E-state index contributed by atoms with van der Waals surface area (Å²) in [6.45, 7) is 2.80. The summed E-state index contributed by atoms with van der Waals surface area (Å²) in [5.41, 5.74) is 9.72. The number of nitrogen functional groups attached to an aromatic ring is 1. The minimum absolute atomic E-state index is 0.0472. The molecule has 6 atom stereocenters. The van der Waals surface area contributed by atoms with Crippen LogP contribution in [0.3, 0.4) is 0 Å². The van der Waals surface area contributed by atoms with Gasteiger partial charge in [0.1, 0.15) is 17.1 Å². The van der Waals surface area contributed by atoms with Crippen molar-refractivity contribution >= 4 is 33.8 Å². The standard InChI is InChI=1S/C27H30N2O9/c1-10-23(31)14(28)7-17(37-10)38-16-9-27(35,11(2)30)8-13-19(16)26(34)20-21(25(13)33)24(32)12-5-4-6-15(36-3)18(12)22(20)29/h4-6,10,14,16-17,23,31-32,35H,7-9,28-29H2,1-3H3/t10?,14?,16-,17?,23?,27-/m0/s1. The summed E-state index contributed by atoms with van der Waals surface area (Å²) in [7, 11) is 1.42. The molecule has 11 heteroatoms. The first-order valence-corrected chi connectivity index (χ1v) is 12.3. The fourth-order valence-electron chi connectivity index (χ4n) is 5.72. The molecule has 1 heterocycles. The van der Waals surface area contributed by atoms with E-state index in [4.69, 9.17) is 25.7 Å². The SMILES string of the molecule is COc1cccc2c(O)c3c(c(N)c12)C(=O)C1=C(C[C@@](O)(C(C)=O)C[C@@H]1OC1CC(N)C(O)C(C)O1)C3=O. The Morgan fingerprint density at radius 1 is 1.21 bits per heavy atom. The Morgan fingerprint density at radius 2 is 1.92 bits per heavy atom. The number of carbonyl (C=O) groups excluding carboxylic acids is 3. The van der Waals surface area contributed by atoms with Crippen LogP contribution in [-0.2, 0) is 14.3 Å². The second-order valence-corrected chi connectivity index (χ2v) is 10.2. The highest BCUT2D eigenvalue weighted by Crippen LogP contribution is 2.49. The predicted octanol–water partition coefficient (Wildman–Crippen LogP) is 1.13. The highest BCUT2D eigenvalue weighted by molar-refractivity contribution is 6.33. The molecule has 2 aliphatic carbocycles. The molecule has 202 valence electrons. The Bertz CT molecular complexity index is 1410. The maximum atomic E-state index is 14.0. The number of phenols is 1. The Kier molecular flexibility index (Phi) is 6.32. The number of aromatic hydroxyl groups is 1.